The van der Waals surface area contributed by atoms with E-state index in [-0.39, 0.29) is 0 Å². The predicted molar refractivity (Wildman–Crippen MR) is 91.1 cm³/mol. The highest BCUT2D eigenvalue weighted by Gasteiger charge is 2.25. The number of pyridine rings is 1. The van der Waals surface area contributed by atoms with Crippen LogP contribution >= 0.6 is 0 Å². The van der Waals surface area contributed by atoms with Gasteiger partial charge in [0, 0.05) is 31.2 Å². The lowest BCUT2D eigenvalue weighted by Gasteiger charge is -2.38. The summed E-state index contributed by atoms with van der Waals surface area (Å²) in [6, 6.07) is 21.6. The summed E-state index contributed by atoms with van der Waals surface area (Å²) in [6.07, 6.45) is 1.92. The summed E-state index contributed by atoms with van der Waals surface area (Å²) in [5.41, 5.74) is 1.34. The summed E-state index contributed by atoms with van der Waals surface area (Å²) in [5, 5.41) is 5.99. The molecule has 110 valence electrons. The van der Waals surface area contributed by atoms with Crippen LogP contribution in [0.15, 0.2) is 66.9 Å². The molecule has 0 saturated carbocycles. The molecule has 0 amide bonds. The molecular formula is C19H19N3. The Morgan fingerprint density at radius 3 is 2.68 bits per heavy atom. The van der Waals surface area contributed by atoms with Gasteiger partial charge in [0.25, 0.3) is 0 Å². The van der Waals surface area contributed by atoms with Gasteiger partial charge < -0.3 is 10.2 Å². The largest absolute Gasteiger partial charge is 0.346 e. The second kappa shape index (κ2) is 5.78. The van der Waals surface area contributed by atoms with Gasteiger partial charge in [-0.05, 0) is 17.0 Å². The molecule has 0 aliphatic carbocycles. The number of piperazine rings is 1. The lowest BCUT2D eigenvalue weighted by molar-refractivity contribution is 0.487. The zero-order valence-electron chi connectivity index (χ0n) is 12.4. The first kappa shape index (κ1) is 13.3. The third kappa shape index (κ3) is 2.34. The molecule has 2 aromatic carbocycles. The van der Waals surface area contributed by atoms with Crippen LogP contribution in [0.25, 0.3) is 10.8 Å². The van der Waals surface area contributed by atoms with Gasteiger partial charge in [0.05, 0.1) is 6.04 Å². The van der Waals surface area contributed by atoms with Crippen molar-refractivity contribution >= 4 is 16.6 Å². The Kier molecular flexibility index (Phi) is 3.49. The molecule has 1 N–H and O–H groups in total. The first-order valence-electron chi connectivity index (χ1n) is 7.79. The van der Waals surface area contributed by atoms with E-state index in [1.165, 1.54) is 16.3 Å². The topological polar surface area (TPSA) is 28.2 Å². The molecule has 1 aliphatic rings. The fourth-order valence-electron chi connectivity index (χ4n) is 3.26. The number of anilines is 1. The van der Waals surface area contributed by atoms with Crippen LogP contribution in [0.2, 0.25) is 0 Å². The maximum atomic E-state index is 4.70. The van der Waals surface area contributed by atoms with E-state index < -0.39 is 0 Å². The minimum absolute atomic E-state index is 0.327. The van der Waals surface area contributed by atoms with E-state index in [2.05, 4.69) is 70.9 Å². The second-order valence-electron chi connectivity index (χ2n) is 5.68. The minimum Gasteiger partial charge on any atom is -0.346 e. The van der Waals surface area contributed by atoms with E-state index in [1.807, 2.05) is 6.20 Å². The average Bonchev–Trinajstić information content (AvgIpc) is 2.62. The number of hydrogen-bond acceptors (Lipinski definition) is 3. The first-order valence-corrected chi connectivity index (χ1v) is 7.79. The molecule has 3 aromatic rings. The molecule has 1 aliphatic heterocycles. The highest BCUT2D eigenvalue weighted by atomic mass is 15.3. The number of aromatic nitrogens is 1. The van der Waals surface area contributed by atoms with E-state index in [9.17, 15) is 0 Å². The van der Waals surface area contributed by atoms with Crippen molar-refractivity contribution in [1.82, 2.24) is 10.3 Å². The minimum atomic E-state index is 0.327. The zero-order chi connectivity index (χ0) is 14.8. The summed E-state index contributed by atoms with van der Waals surface area (Å²) in [7, 11) is 0. The van der Waals surface area contributed by atoms with Crippen molar-refractivity contribution in [3.63, 3.8) is 0 Å². The predicted octanol–water partition coefficient (Wildman–Crippen LogP) is 3.39. The molecule has 22 heavy (non-hydrogen) atoms. The summed E-state index contributed by atoms with van der Waals surface area (Å²) in [6.45, 7) is 2.92. The fourth-order valence-corrected chi connectivity index (χ4v) is 3.26. The zero-order valence-corrected chi connectivity index (χ0v) is 12.4. The van der Waals surface area contributed by atoms with E-state index >= 15 is 0 Å². The normalized spacial score (nSPS) is 18.5. The van der Waals surface area contributed by atoms with E-state index in [4.69, 9.17) is 4.98 Å². The van der Waals surface area contributed by atoms with Gasteiger partial charge in [-0.1, -0.05) is 54.6 Å². The van der Waals surface area contributed by atoms with Crippen molar-refractivity contribution in [3.8, 4) is 0 Å². The maximum absolute atomic E-state index is 4.70. The molecule has 0 bridgehead atoms. The Morgan fingerprint density at radius 1 is 0.955 bits per heavy atom. The Bertz CT molecular complexity index is 764. The smallest absolute Gasteiger partial charge is 0.137 e. The van der Waals surface area contributed by atoms with Crippen LogP contribution in [0.5, 0.6) is 0 Å². The van der Waals surface area contributed by atoms with Crippen molar-refractivity contribution in [2.45, 2.75) is 6.04 Å². The lowest BCUT2D eigenvalue weighted by Crippen LogP contribution is -2.46. The highest BCUT2D eigenvalue weighted by molar-refractivity contribution is 5.92. The molecule has 3 heteroatoms. The maximum Gasteiger partial charge on any atom is 0.137 e. The summed E-state index contributed by atoms with van der Waals surface area (Å²) in [4.78, 5) is 7.14. The van der Waals surface area contributed by atoms with Crippen molar-refractivity contribution < 1.29 is 0 Å². The van der Waals surface area contributed by atoms with Crippen molar-refractivity contribution in [2.24, 2.45) is 0 Å². The van der Waals surface area contributed by atoms with Crippen molar-refractivity contribution in [1.29, 1.82) is 0 Å². The van der Waals surface area contributed by atoms with Gasteiger partial charge in [-0.15, -0.1) is 0 Å². The molecule has 1 fully saturated rings. The van der Waals surface area contributed by atoms with Crippen LogP contribution in [-0.4, -0.2) is 24.6 Å². The third-order valence-corrected chi connectivity index (χ3v) is 4.35. The number of fused-ring (bicyclic) bond motifs is 1. The van der Waals surface area contributed by atoms with Crippen LogP contribution in [0.3, 0.4) is 0 Å². The van der Waals surface area contributed by atoms with Crippen molar-refractivity contribution in [2.75, 3.05) is 24.5 Å². The van der Waals surface area contributed by atoms with Gasteiger partial charge in [-0.25, -0.2) is 4.98 Å². The molecule has 4 rings (SSSR count). The molecule has 2 heterocycles. The van der Waals surface area contributed by atoms with E-state index in [0.717, 1.165) is 25.5 Å². The van der Waals surface area contributed by atoms with Crippen LogP contribution < -0.4 is 10.2 Å². The number of rotatable bonds is 2. The van der Waals surface area contributed by atoms with Crippen LogP contribution in [-0.2, 0) is 0 Å². The second-order valence-corrected chi connectivity index (χ2v) is 5.68. The molecule has 1 saturated heterocycles. The van der Waals surface area contributed by atoms with Gasteiger partial charge in [0.2, 0.25) is 0 Å². The van der Waals surface area contributed by atoms with Gasteiger partial charge >= 0.3 is 0 Å². The molecule has 3 nitrogen and oxygen atoms in total. The SMILES string of the molecule is c1ccc(C2CNCCN2c2nccc3ccccc23)cc1. The summed E-state index contributed by atoms with van der Waals surface area (Å²) >= 11 is 0. The molecule has 0 spiro atoms. The standard InChI is InChI=1S/C19H19N3/c1-2-7-16(8-3-1)18-14-20-12-13-22(18)19-17-9-5-4-6-15(17)10-11-21-19/h1-11,18,20H,12-14H2. The van der Waals surface area contributed by atoms with E-state index in [1.54, 1.807) is 0 Å². The van der Waals surface area contributed by atoms with Crippen molar-refractivity contribution in [3.05, 3.63) is 72.4 Å². The van der Waals surface area contributed by atoms with Gasteiger partial charge in [-0.3, -0.25) is 0 Å². The first-order chi connectivity index (χ1) is 10.9. The fraction of sp³-hybridized carbons (Fsp3) is 0.211. The Labute approximate surface area is 130 Å². The Morgan fingerprint density at radius 2 is 1.77 bits per heavy atom. The van der Waals surface area contributed by atoms with Crippen LogP contribution in [0.1, 0.15) is 11.6 Å². The molecule has 1 unspecified atom stereocenters. The number of benzene rings is 2. The Hall–Kier alpha value is -2.39. The summed E-state index contributed by atoms with van der Waals surface area (Å²) < 4.78 is 0. The average molecular weight is 289 g/mol. The lowest BCUT2D eigenvalue weighted by atomic mass is 10.0. The monoisotopic (exact) mass is 289 g/mol. The van der Waals surface area contributed by atoms with Crippen LogP contribution in [0.4, 0.5) is 5.82 Å². The number of hydrogen-bond donors (Lipinski definition) is 1. The van der Waals surface area contributed by atoms with Gasteiger partial charge in [-0.2, -0.15) is 0 Å². The quantitative estimate of drug-likeness (QED) is 0.784. The van der Waals surface area contributed by atoms with E-state index in [0.29, 0.717) is 6.04 Å². The van der Waals surface area contributed by atoms with Gasteiger partial charge in [0.15, 0.2) is 0 Å². The molecule has 1 atom stereocenters. The number of nitrogens with one attached hydrogen (secondary N) is 1. The molecule has 1 aromatic heterocycles. The molecular weight excluding hydrogens is 270 g/mol. The Balaban J connectivity index is 1.81. The van der Waals surface area contributed by atoms with Crippen LogP contribution in [0, 0.1) is 0 Å². The summed E-state index contributed by atoms with van der Waals surface area (Å²) in [5.74, 6) is 1.09. The van der Waals surface area contributed by atoms with Gasteiger partial charge in [0.1, 0.15) is 5.82 Å². The molecule has 0 radical (unpaired) electrons. The third-order valence-electron chi connectivity index (χ3n) is 4.35. The number of nitrogens with zero attached hydrogens (tertiary/aromatic N) is 2. The highest BCUT2D eigenvalue weighted by Crippen LogP contribution is 2.31.